The molecule has 0 atom stereocenters. The molecule has 24 heavy (non-hydrogen) atoms. The topological polar surface area (TPSA) is 63.9 Å². The van der Waals surface area contributed by atoms with E-state index in [0.29, 0.717) is 23.3 Å². The molecule has 0 bridgehead atoms. The minimum Gasteiger partial charge on any atom is -0.338 e. The summed E-state index contributed by atoms with van der Waals surface area (Å²) in [5, 5.41) is 12.7. The SMILES string of the molecule is CCC1CN(C(=O)C=Cc2ccc(Cl)cc2Cn2nnc(C)n2)C1. The van der Waals surface area contributed by atoms with Crippen LogP contribution in [0.2, 0.25) is 5.02 Å². The smallest absolute Gasteiger partial charge is 0.246 e. The molecule has 126 valence electrons. The van der Waals surface area contributed by atoms with Crippen LogP contribution in [0.15, 0.2) is 24.3 Å². The molecular formula is C17H20ClN5O. The number of halogens is 1. The first-order valence-electron chi connectivity index (χ1n) is 8.05. The minimum absolute atomic E-state index is 0.0512. The van der Waals surface area contributed by atoms with Gasteiger partial charge in [0.1, 0.15) is 0 Å². The molecule has 3 rings (SSSR count). The van der Waals surface area contributed by atoms with Crippen molar-refractivity contribution in [3.8, 4) is 0 Å². The average molecular weight is 346 g/mol. The predicted octanol–water partition coefficient (Wildman–Crippen LogP) is 2.56. The van der Waals surface area contributed by atoms with Crippen LogP contribution in [0.1, 0.15) is 30.3 Å². The Morgan fingerprint density at radius 2 is 2.21 bits per heavy atom. The molecule has 1 fully saturated rings. The Morgan fingerprint density at radius 1 is 1.42 bits per heavy atom. The van der Waals surface area contributed by atoms with Crippen molar-refractivity contribution in [2.75, 3.05) is 13.1 Å². The number of nitrogens with zero attached hydrogens (tertiary/aromatic N) is 5. The van der Waals surface area contributed by atoms with Gasteiger partial charge < -0.3 is 4.90 Å². The summed E-state index contributed by atoms with van der Waals surface area (Å²) in [7, 11) is 0. The Kier molecular flexibility index (Phi) is 4.94. The monoisotopic (exact) mass is 345 g/mol. The zero-order chi connectivity index (χ0) is 17.1. The summed E-state index contributed by atoms with van der Waals surface area (Å²) in [6, 6.07) is 5.57. The third kappa shape index (κ3) is 3.82. The van der Waals surface area contributed by atoms with E-state index in [0.717, 1.165) is 30.6 Å². The molecule has 1 aliphatic rings. The molecule has 0 radical (unpaired) electrons. The zero-order valence-corrected chi connectivity index (χ0v) is 14.6. The van der Waals surface area contributed by atoms with Crippen LogP contribution in [-0.4, -0.2) is 44.1 Å². The highest BCUT2D eigenvalue weighted by atomic mass is 35.5. The Balaban J connectivity index is 1.73. The number of tetrazole rings is 1. The second-order valence-electron chi connectivity index (χ2n) is 6.06. The fourth-order valence-corrected chi connectivity index (χ4v) is 2.89. The van der Waals surface area contributed by atoms with Crippen molar-refractivity contribution in [1.82, 2.24) is 25.1 Å². The molecule has 0 N–H and O–H groups in total. The van der Waals surface area contributed by atoms with Crippen molar-refractivity contribution in [2.45, 2.75) is 26.8 Å². The molecule has 1 aromatic carbocycles. The maximum Gasteiger partial charge on any atom is 0.246 e. The fraction of sp³-hybridized carbons (Fsp3) is 0.412. The molecule has 2 aromatic rings. The molecule has 1 saturated heterocycles. The van der Waals surface area contributed by atoms with Gasteiger partial charge in [0.05, 0.1) is 6.54 Å². The summed E-state index contributed by atoms with van der Waals surface area (Å²) in [5.74, 6) is 1.32. The van der Waals surface area contributed by atoms with Crippen LogP contribution in [0.3, 0.4) is 0 Å². The summed E-state index contributed by atoms with van der Waals surface area (Å²) in [6.07, 6.45) is 4.58. The number of likely N-dealkylation sites (tertiary alicyclic amines) is 1. The molecule has 2 heterocycles. The maximum atomic E-state index is 12.2. The minimum atomic E-state index is 0.0512. The number of hydrogen-bond acceptors (Lipinski definition) is 4. The Bertz CT molecular complexity index is 764. The average Bonchev–Trinajstić information content (AvgIpc) is 2.90. The number of aromatic nitrogens is 4. The van der Waals surface area contributed by atoms with Gasteiger partial charge in [-0.15, -0.1) is 10.2 Å². The highest BCUT2D eigenvalue weighted by Crippen LogP contribution is 2.21. The van der Waals surface area contributed by atoms with Crippen molar-refractivity contribution >= 4 is 23.6 Å². The van der Waals surface area contributed by atoms with Gasteiger partial charge in [0, 0.05) is 24.2 Å². The molecule has 1 amide bonds. The van der Waals surface area contributed by atoms with E-state index in [1.807, 2.05) is 29.2 Å². The lowest BCUT2D eigenvalue weighted by atomic mass is 9.97. The molecule has 0 aliphatic carbocycles. The van der Waals surface area contributed by atoms with E-state index >= 15 is 0 Å². The van der Waals surface area contributed by atoms with Crippen molar-refractivity contribution in [2.24, 2.45) is 5.92 Å². The predicted molar refractivity (Wildman–Crippen MR) is 92.5 cm³/mol. The highest BCUT2D eigenvalue weighted by molar-refractivity contribution is 6.30. The summed E-state index contributed by atoms with van der Waals surface area (Å²) < 4.78 is 0. The third-order valence-corrected chi connectivity index (χ3v) is 4.46. The van der Waals surface area contributed by atoms with Gasteiger partial charge in [-0.3, -0.25) is 4.79 Å². The molecule has 1 aliphatic heterocycles. The molecular weight excluding hydrogens is 326 g/mol. The number of benzene rings is 1. The number of amides is 1. The van der Waals surface area contributed by atoms with E-state index in [4.69, 9.17) is 11.6 Å². The van der Waals surface area contributed by atoms with Crippen molar-refractivity contribution in [3.63, 3.8) is 0 Å². The molecule has 0 saturated carbocycles. The number of rotatable bonds is 5. The number of aryl methyl sites for hydroxylation is 1. The Hall–Kier alpha value is -2.21. The molecule has 6 nitrogen and oxygen atoms in total. The van der Waals surface area contributed by atoms with Crippen LogP contribution in [0.4, 0.5) is 0 Å². The van der Waals surface area contributed by atoms with E-state index < -0.39 is 0 Å². The van der Waals surface area contributed by atoms with E-state index in [1.54, 1.807) is 13.0 Å². The largest absolute Gasteiger partial charge is 0.338 e. The molecule has 7 heteroatoms. The van der Waals surface area contributed by atoms with Crippen molar-refractivity contribution in [3.05, 3.63) is 46.2 Å². The first kappa shape index (κ1) is 16.6. The van der Waals surface area contributed by atoms with E-state index in [1.165, 1.54) is 4.80 Å². The Morgan fingerprint density at radius 3 is 2.88 bits per heavy atom. The van der Waals surface area contributed by atoms with E-state index in [-0.39, 0.29) is 5.91 Å². The number of carbonyl (C=O) groups excluding carboxylic acids is 1. The van der Waals surface area contributed by atoms with Crippen molar-refractivity contribution < 1.29 is 4.79 Å². The van der Waals surface area contributed by atoms with E-state index in [2.05, 4.69) is 22.3 Å². The van der Waals surface area contributed by atoms with Crippen LogP contribution >= 0.6 is 11.6 Å². The standard InChI is InChI=1S/C17H20ClN5O/c1-3-13-9-22(10-13)17(24)7-5-14-4-6-16(18)8-15(14)11-23-20-12(2)19-21-23/h4-8,13H,3,9-11H2,1-2H3. The second kappa shape index (κ2) is 7.13. The van der Waals surface area contributed by atoms with Gasteiger partial charge >= 0.3 is 0 Å². The first-order chi connectivity index (χ1) is 11.5. The van der Waals surface area contributed by atoms with Crippen LogP contribution in [-0.2, 0) is 11.3 Å². The summed E-state index contributed by atoms with van der Waals surface area (Å²) >= 11 is 6.10. The van der Waals surface area contributed by atoms with Gasteiger partial charge in [-0.1, -0.05) is 24.6 Å². The first-order valence-corrected chi connectivity index (χ1v) is 8.42. The summed E-state index contributed by atoms with van der Waals surface area (Å²) in [6.45, 7) is 6.11. The van der Waals surface area contributed by atoms with Gasteiger partial charge in [0.15, 0.2) is 5.82 Å². The van der Waals surface area contributed by atoms with Crippen LogP contribution in [0.25, 0.3) is 6.08 Å². The number of carbonyl (C=O) groups is 1. The molecule has 0 unspecified atom stereocenters. The van der Waals surface area contributed by atoms with Gasteiger partial charge in [-0.05, 0) is 53.8 Å². The third-order valence-electron chi connectivity index (χ3n) is 4.22. The van der Waals surface area contributed by atoms with Crippen molar-refractivity contribution in [1.29, 1.82) is 0 Å². The van der Waals surface area contributed by atoms with Gasteiger partial charge in [-0.2, -0.15) is 4.80 Å². The molecule has 1 aromatic heterocycles. The zero-order valence-electron chi connectivity index (χ0n) is 13.8. The van der Waals surface area contributed by atoms with Crippen LogP contribution in [0.5, 0.6) is 0 Å². The van der Waals surface area contributed by atoms with Crippen LogP contribution in [0, 0.1) is 12.8 Å². The maximum absolute atomic E-state index is 12.2. The molecule has 0 spiro atoms. The Labute approximate surface area is 146 Å². The lowest BCUT2D eigenvalue weighted by Crippen LogP contribution is -2.48. The van der Waals surface area contributed by atoms with Gasteiger partial charge in [-0.25, -0.2) is 0 Å². The van der Waals surface area contributed by atoms with E-state index in [9.17, 15) is 4.79 Å². The van der Waals surface area contributed by atoms with Crippen LogP contribution < -0.4 is 0 Å². The van der Waals surface area contributed by atoms with Gasteiger partial charge in [0.25, 0.3) is 0 Å². The lowest BCUT2D eigenvalue weighted by molar-refractivity contribution is -0.132. The normalized spacial score (nSPS) is 15.0. The summed E-state index contributed by atoms with van der Waals surface area (Å²) in [5.41, 5.74) is 1.87. The fourth-order valence-electron chi connectivity index (χ4n) is 2.69. The highest BCUT2D eigenvalue weighted by Gasteiger charge is 2.27. The second-order valence-corrected chi connectivity index (χ2v) is 6.50. The summed E-state index contributed by atoms with van der Waals surface area (Å²) in [4.78, 5) is 15.6. The van der Waals surface area contributed by atoms with Gasteiger partial charge in [0.2, 0.25) is 5.91 Å². The quantitative estimate of drug-likeness (QED) is 0.781. The number of hydrogen-bond donors (Lipinski definition) is 0. The lowest BCUT2D eigenvalue weighted by Gasteiger charge is -2.38.